The van der Waals surface area contributed by atoms with Crippen molar-refractivity contribution in [3.8, 4) is 0 Å². The predicted molar refractivity (Wildman–Crippen MR) is 111 cm³/mol. The summed E-state index contributed by atoms with van der Waals surface area (Å²) in [6, 6.07) is 6.46. The molecule has 4 rings (SSSR count). The lowest BCUT2D eigenvalue weighted by Gasteiger charge is -2.09. The maximum Gasteiger partial charge on any atom is 0.289 e. The van der Waals surface area contributed by atoms with Gasteiger partial charge in [-0.3, -0.25) is 9.78 Å². The number of hydrogen-bond donors (Lipinski definition) is 3. The van der Waals surface area contributed by atoms with E-state index in [0.29, 0.717) is 29.6 Å². The second-order valence-electron chi connectivity index (χ2n) is 6.01. The number of furan rings is 1. The number of hydrogen-bond acceptors (Lipinski definition) is 5. The Balaban J connectivity index is 1.61. The first-order chi connectivity index (χ1) is 13.6. The molecule has 7 nitrogen and oxygen atoms in total. The first kappa shape index (κ1) is 18.4. The van der Waals surface area contributed by atoms with E-state index in [1.807, 2.05) is 22.6 Å². The molecule has 0 saturated carbocycles. The topological polar surface area (TPSA) is 95.8 Å². The van der Waals surface area contributed by atoms with E-state index >= 15 is 0 Å². The number of imidazole rings is 1. The SMILES string of the molecule is O=C(NCCc1cnc[nH]1)c1oc2ccncc2c1Nc1ccc(I)cc1F. The van der Waals surface area contributed by atoms with Crippen LogP contribution in [0.3, 0.4) is 0 Å². The molecule has 1 aromatic carbocycles. The van der Waals surface area contributed by atoms with Crippen LogP contribution in [0.25, 0.3) is 11.0 Å². The molecule has 4 aromatic rings. The number of anilines is 2. The standard InChI is InChI=1S/C19H15FIN5O2/c20-14-7-11(21)1-2-15(14)26-17-13-9-22-5-4-16(13)28-18(17)19(27)24-6-3-12-8-23-10-25-12/h1-2,4-5,7-10,26H,3,6H2,(H,23,25)(H,24,27). The summed E-state index contributed by atoms with van der Waals surface area (Å²) in [5, 5.41) is 6.40. The van der Waals surface area contributed by atoms with Crippen LogP contribution < -0.4 is 10.6 Å². The number of carbonyl (C=O) groups is 1. The van der Waals surface area contributed by atoms with Crippen molar-refractivity contribution in [2.75, 3.05) is 11.9 Å². The van der Waals surface area contributed by atoms with Crippen LogP contribution in [0.15, 0.2) is 53.6 Å². The van der Waals surface area contributed by atoms with Crippen LogP contribution in [0, 0.1) is 9.39 Å². The summed E-state index contributed by atoms with van der Waals surface area (Å²) in [5.74, 6) is -0.745. The number of benzene rings is 1. The molecule has 3 aromatic heterocycles. The minimum absolute atomic E-state index is 0.0746. The van der Waals surface area contributed by atoms with Crippen LogP contribution in [0.5, 0.6) is 0 Å². The number of carbonyl (C=O) groups excluding carboxylic acids is 1. The van der Waals surface area contributed by atoms with Gasteiger partial charge in [0, 0.05) is 40.8 Å². The fourth-order valence-electron chi connectivity index (χ4n) is 2.76. The predicted octanol–water partition coefficient (Wildman–Crippen LogP) is 4.01. The molecular formula is C19H15FIN5O2. The Morgan fingerprint density at radius 2 is 2.14 bits per heavy atom. The molecule has 0 saturated heterocycles. The Labute approximate surface area is 172 Å². The van der Waals surface area contributed by atoms with E-state index in [2.05, 4.69) is 25.6 Å². The molecule has 1 amide bonds. The maximum atomic E-state index is 14.3. The van der Waals surface area contributed by atoms with E-state index in [-0.39, 0.29) is 11.4 Å². The number of nitrogens with one attached hydrogen (secondary N) is 3. The van der Waals surface area contributed by atoms with E-state index in [4.69, 9.17) is 4.42 Å². The summed E-state index contributed by atoms with van der Waals surface area (Å²) in [6.07, 6.45) is 7.03. The minimum atomic E-state index is -0.421. The summed E-state index contributed by atoms with van der Waals surface area (Å²) in [6.45, 7) is 0.396. The minimum Gasteiger partial charge on any atom is -0.448 e. The molecule has 0 bridgehead atoms. The van der Waals surface area contributed by atoms with Crippen molar-refractivity contribution in [1.29, 1.82) is 0 Å². The highest BCUT2D eigenvalue weighted by Crippen LogP contribution is 2.33. The van der Waals surface area contributed by atoms with Crippen molar-refractivity contribution < 1.29 is 13.6 Å². The molecule has 0 aliphatic carbocycles. The molecule has 0 aliphatic heterocycles. The van der Waals surface area contributed by atoms with Crippen molar-refractivity contribution in [1.82, 2.24) is 20.3 Å². The second kappa shape index (κ2) is 7.97. The quantitative estimate of drug-likeness (QED) is 0.355. The van der Waals surface area contributed by atoms with Gasteiger partial charge in [0.1, 0.15) is 17.1 Å². The zero-order valence-electron chi connectivity index (χ0n) is 14.5. The molecule has 0 radical (unpaired) electrons. The number of pyridine rings is 1. The molecular weight excluding hydrogens is 476 g/mol. The van der Waals surface area contributed by atoms with Crippen molar-refractivity contribution in [3.63, 3.8) is 0 Å². The van der Waals surface area contributed by atoms with Crippen LogP contribution in [-0.4, -0.2) is 27.4 Å². The summed E-state index contributed by atoms with van der Waals surface area (Å²) in [7, 11) is 0. The van der Waals surface area contributed by atoms with Gasteiger partial charge in [0.05, 0.1) is 17.4 Å². The first-order valence-electron chi connectivity index (χ1n) is 8.46. The van der Waals surface area contributed by atoms with Gasteiger partial charge in [-0.1, -0.05) is 0 Å². The van der Waals surface area contributed by atoms with Gasteiger partial charge in [-0.2, -0.15) is 0 Å². The zero-order valence-corrected chi connectivity index (χ0v) is 16.7. The van der Waals surface area contributed by atoms with Crippen molar-refractivity contribution >= 4 is 50.8 Å². The number of fused-ring (bicyclic) bond motifs is 1. The fraction of sp³-hybridized carbons (Fsp3) is 0.105. The van der Waals surface area contributed by atoms with Gasteiger partial charge in [-0.25, -0.2) is 9.37 Å². The van der Waals surface area contributed by atoms with E-state index in [1.165, 1.54) is 6.07 Å². The zero-order chi connectivity index (χ0) is 19.5. The van der Waals surface area contributed by atoms with Gasteiger partial charge < -0.3 is 20.0 Å². The molecule has 9 heteroatoms. The van der Waals surface area contributed by atoms with Crippen LogP contribution in [0.4, 0.5) is 15.8 Å². The van der Waals surface area contributed by atoms with E-state index in [9.17, 15) is 9.18 Å². The summed E-state index contributed by atoms with van der Waals surface area (Å²) in [5.41, 5.74) is 2.02. The summed E-state index contributed by atoms with van der Waals surface area (Å²) in [4.78, 5) is 23.7. The van der Waals surface area contributed by atoms with Crippen molar-refractivity contribution in [3.05, 3.63) is 70.0 Å². The Kier molecular flexibility index (Phi) is 5.24. The number of halogens is 2. The van der Waals surface area contributed by atoms with Crippen LogP contribution in [-0.2, 0) is 6.42 Å². The lowest BCUT2D eigenvalue weighted by molar-refractivity contribution is 0.0929. The molecule has 3 heterocycles. The lowest BCUT2D eigenvalue weighted by atomic mass is 10.2. The van der Waals surface area contributed by atoms with Crippen LogP contribution >= 0.6 is 22.6 Å². The smallest absolute Gasteiger partial charge is 0.289 e. The van der Waals surface area contributed by atoms with Crippen molar-refractivity contribution in [2.45, 2.75) is 6.42 Å². The number of nitrogens with zero attached hydrogens (tertiary/aromatic N) is 2. The molecule has 0 unspecified atom stereocenters. The largest absolute Gasteiger partial charge is 0.448 e. The number of amides is 1. The van der Waals surface area contributed by atoms with Gasteiger partial charge in [-0.15, -0.1) is 0 Å². The highest BCUT2D eigenvalue weighted by molar-refractivity contribution is 14.1. The average molecular weight is 491 g/mol. The molecule has 142 valence electrons. The Hall–Kier alpha value is -2.95. The fourth-order valence-corrected chi connectivity index (χ4v) is 3.22. The summed E-state index contributed by atoms with van der Waals surface area (Å²) < 4.78 is 20.8. The normalized spacial score (nSPS) is 10.9. The third-order valence-electron chi connectivity index (χ3n) is 4.12. The highest BCUT2D eigenvalue weighted by Gasteiger charge is 2.21. The Morgan fingerprint density at radius 1 is 1.25 bits per heavy atom. The van der Waals surface area contributed by atoms with Gasteiger partial charge >= 0.3 is 0 Å². The molecule has 0 aliphatic rings. The van der Waals surface area contributed by atoms with E-state index < -0.39 is 11.7 Å². The van der Waals surface area contributed by atoms with Crippen molar-refractivity contribution in [2.24, 2.45) is 0 Å². The Morgan fingerprint density at radius 3 is 2.93 bits per heavy atom. The number of aromatic amines is 1. The maximum absolute atomic E-state index is 14.3. The third kappa shape index (κ3) is 3.84. The monoisotopic (exact) mass is 491 g/mol. The van der Waals surface area contributed by atoms with Gasteiger partial charge in [0.15, 0.2) is 0 Å². The van der Waals surface area contributed by atoms with Gasteiger partial charge in [0.25, 0.3) is 5.91 Å². The van der Waals surface area contributed by atoms with E-state index in [1.54, 1.807) is 43.1 Å². The van der Waals surface area contributed by atoms with Gasteiger partial charge in [0.2, 0.25) is 5.76 Å². The molecule has 0 atom stereocenters. The number of H-pyrrole nitrogens is 1. The third-order valence-corrected chi connectivity index (χ3v) is 4.79. The van der Waals surface area contributed by atoms with Crippen LogP contribution in [0.2, 0.25) is 0 Å². The van der Waals surface area contributed by atoms with Gasteiger partial charge in [-0.05, 0) is 46.9 Å². The number of aromatic nitrogens is 3. The lowest BCUT2D eigenvalue weighted by Crippen LogP contribution is -2.26. The average Bonchev–Trinajstić information content (AvgIpc) is 3.32. The van der Waals surface area contributed by atoms with Crippen LogP contribution in [0.1, 0.15) is 16.2 Å². The molecule has 0 fully saturated rings. The number of rotatable bonds is 6. The van der Waals surface area contributed by atoms with E-state index in [0.717, 1.165) is 9.26 Å². The Bertz CT molecular complexity index is 1130. The second-order valence-corrected chi connectivity index (χ2v) is 7.26. The molecule has 3 N–H and O–H groups in total. The first-order valence-corrected chi connectivity index (χ1v) is 9.54. The highest BCUT2D eigenvalue weighted by atomic mass is 127. The molecule has 28 heavy (non-hydrogen) atoms. The summed E-state index contributed by atoms with van der Waals surface area (Å²) >= 11 is 2.04. The molecule has 0 spiro atoms.